The van der Waals surface area contributed by atoms with Crippen LogP contribution in [0.5, 0.6) is 0 Å². The van der Waals surface area contributed by atoms with Gasteiger partial charge in [0.25, 0.3) is 0 Å². The number of ketones is 1. The van der Waals surface area contributed by atoms with Gasteiger partial charge in [-0.25, -0.2) is 0 Å². The van der Waals surface area contributed by atoms with Crippen LogP contribution in [0.2, 0.25) is 0 Å². The third-order valence-corrected chi connectivity index (χ3v) is 2.89. The van der Waals surface area contributed by atoms with Crippen molar-refractivity contribution in [2.75, 3.05) is 0 Å². The first-order valence-corrected chi connectivity index (χ1v) is 5.01. The van der Waals surface area contributed by atoms with Crippen LogP contribution in [0.1, 0.15) is 33.1 Å². The molecule has 3 unspecified atom stereocenters. The Morgan fingerprint density at radius 3 is 3.00 bits per heavy atom. The SMILES string of the molecule is CCC(C)C1C=CCC(=O)CC1O. The smallest absolute Gasteiger partial charge is 0.139 e. The number of rotatable bonds is 2. The molecule has 0 aliphatic heterocycles. The molecule has 0 aromatic carbocycles. The number of carbonyl (C=O) groups is 1. The third-order valence-electron chi connectivity index (χ3n) is 2.89. The Labute approximate surface area is 79.6 Å². The first-order chi connectivity index (χ1) is 6.15. The number of aliphatic hydroxyl groups excluding tert-OH is 1. The van der Waals surface area contributed by atoms with Gasteiger partial charge in [-0.3, -0.25) is 4.79 Å². The third kappa shape index (κ3) is 2.66. The molecule has 0 saturated heterocycles. The largest absolute Gasteiger partial charge is 0.392 e. The maximum absolute atomic E-state index is 11.1. The molecular weight excluding hydrogens is 164 g/mol. The monoisotopic (exact) mass is 182 g/mol. The number of hydrogen-bond acceptors (Lipinski definition) is 2. The lowest BCUT2D eigenvalue weighted by molar-refractivity contribution is -0.120. The van der Waals surface area contributed by atoms with E-state index in [1.165, 1.54) is 0 Å². The molecule has 2 heteroatoms. The van der Waals surface area contributed by atoms with Gasteiger partial charge in [0.1, 0.15) is 5.78 Å². The summed E-state index contributed by atoms with van der Waals surface area (Å²) in [4.78, 5) is 11.1. The normalized spacial score (nSPS) is 31.5. The number of allylic oxidation sites excluding steroid dienone is 1. The lowest BCUT2D eigenvalue weighted by Gasteiger charge is -2.23. The Hall–Kier alpha value is -0.630. The predicted molar refractivity (Wildman–Crippen MR) is 52.3 cm³/mol. The number of carbonyl (C=O) groups excluding carboxylic acids is 1. The molecule has 1 aliphatic carbocycles. The minimum Gasteiger partial charge on any atom is -0.392 e. The van der Waals surface area contributed by atoms with Crippen molar-refractivity contribution in [3.8, 4) is 0 Å². The molecule has 74 valence electrons. The van der Waals surface area contributed by atoms with Crippen LogP contribution >= 0.6 is 0 Å². The summed E-state index contributed by atoms with van der Waals surface area (Å²) >= 11 is 0. The Balaban J connectivity index is 2.67. The molecule has 0 fully saturated rings. The zero-order valence-corrected chi connectivity index (χ0v) is 8.36. The van der Waals surface area contributed by atoms with Gasteiger partial charge in [0.05, 0.1) is 6.10 Å². The minimum atomic E-state index is -0.471. The molecule has 0 aromatic rings. The van der Waals surface area contributed by atoms with Crippen molar-refractivity contribution in [1.29, 1.82) is 0 Å². The second-order valence-electron chi connectivity index (χ2n) is 3.91. The quantitative estimate of drug-likeness (QED) is 0.662. The van der Waals surface area contributed by atoms with Gasteiger partial charge in [-0.1, -0.05) is 32.4 Å². The number of Topliss-reactive ketones (excluding diaryl/α,β-unsaturated/α-hetero) is 1. The average Bonchev–Trinajstić information content (AvgIpc) is 2.25. The van der Waals surface area contributed by atoms with Crippen molar-refractivity contribution >= 4 is 5.78 Å². The molecule has 13 heavy (non-hydrogen) atoms. The molecule has 0 aromatic heterocycles. The lowest BCUT2D eigenvalue weighted by atomic mass is 9.86. The van der Waals surface area contributed by atoms with E-state index in [1.54, 1.807) is 0 Å². The van der Waals surface area contributed by atoms with Gasteiger partial charge >= 0.3 is 0 Å². The van der Waals surface area contributed by atoms with Gasteiger partial charge in [0.2, 0.25) is 0 Å². The highest BCUT2D eigenvalue weighted by molar-refractivity contribution is 5.80. The van der Waals surface area contributed by atoms with Crippen LogP contribution in [0.4, 0.5) is 0 Å². The van der Waals surface area contributed by atoms with Crippen molar-refractivity contribution < 1.29 is 9.90 Å². The van der Waals surface area contributed by atoms with E-state index in [4.69, 9.17) is 0 Å². The first kappa shape index (κ1) is 10.5. The molecule has 0 amide bonds. The highest BCUT2D eigenvalue weighted by Gasteiger charge is 2.25. The number of hydrogen-bond donors (Lipinski definition) is 1. The summed E-state index contributed by atoms with van der Waals surface area (Å²) in [6.45, 7) is 4.23. The minimum absolute atomic E-state index is 0.148. The standard InChI is InChI=1S/C11H18O2/c1-3-8(2)10-6-4-5-9(12)7-11(10)13/h4,6,8,10-11,13H,3,5,7H2,1-2H3. The van der Waals surface area contributed by atoms with Gasteiger partial charge < -0.3 is 5.11 Å². The predicted octanol–water partition coefficient (Wildman–Crippen LogP) is 1.93. The van der Waals surface area contributed by atoms with E-state index in [0.717, 1.165) is 6.42 Å². The molecule has 0 spiro atoms. The van der Waals surface area contributed by atoms with E-state index in [0.29, 0.717) is 18.8 Å². The fourth-order valence-electron chi connectivity index (χ4n) is 1.78. The molecule has 2 nitrogen and oxygen atoms in total. The summed E-state index contributed by atoms with van der Waals surface area (Å²) in [7, 11) is 0. The fourth-order valence-corrected chi connectivity index (χ4v) is 1.78. The van der Waals surface area contributed by atoms with Crippen LogP contribution in [0.3, 0.4) is 0 Å². The van der Waals surface area contributed by atoms with E-state index in [1.807, 2.05) is 12.2 Å². The van der Waals surface area contributed by atoms with Crippen molar-refractivity contribution in [3.63, 3.8) is 0 Å². The fraction of sp³-hybridized carbons (Fsp3) is 0.727. The average molecular weight is 182 g/mol. The first-order valence-electron chi connectivity index (χ1n) is 5.01. The van der Waals surface area contributed by atoms with Crippen molar-refractivity contribution in [3.05, 3.63) is 12.2 Å². The topological polar surface area (TPSA) is 37.3 Å². The molecule has 1 aliphatic rings. The highest BCUT2D eigenvalue weighted by atomic mass is 16.3. The van der Waals surface area contributed by atoms with Gasteiger partial charge in [-0.2, -0.15) is 0 Å². The summed E-state index contributed by atoms with van der Waals surface area (Å²) in [5, 5.41) is 9.75. The second-order valence-corrected chi connectivity index (χ2v) is 3.91. The Morgan fingerprint density at radius 1 is 1.69 bits per heavy atom. The van der Waals surface area contributed by atoms with E-state index >= 15 is 0 Å². The molecule has 0 radical (unpaired) electrons. The van der Waals surface area contributed by atoms with Crippen LogP contribution in [0.15, 0.2) is 12.2 Å². The molecule has 0 bridgehead atoms. The van der Waals surface area contributed by atoms with Gasteiger partial charge in [-0.15, -0.1) is 0 Å². The zero-order valence-electron chi connectivity index (χ0n) is 8.36. The zero-order chi connectivity index (χ0) is 9.84. The molecule has 1 N–H and O–H groups in total. The van der Waals surface area contributed by atoms with Gasteiger partial charge in [0.15, 0.2) is 0 Å². The van der Waals surface area contributed by atoms with E-state index in [2.05, 4.69) is 13.8 Å². The summed E-state index contributed by atoms with van der Waals surface area (Å²) in [6, 6.07) is 0. The summed E-state index contributed by atoms with van der Waals surface area (Å²) in [5.74, 6) is 0.767. The van der Waals surface area contributed by atoms with Crippen LogP contribution in [-0.4, -0.2) is 17.0 Å². The van der Waals surface area contributed by atoms with Gasteiger partial charge in [0, 0.05) is 18.8 Å². The molecule has 0 saturated carbocycles. The van der Waals surface area contributed by atoms with E-state index in [-0.39, 0.29) is 11.7 Å². The lowest BCUT2D eigenvalue weighted by Crippen LogP contribution is -2.25. The maximum atomic E-state index is 11.1. The molecule has 1 rings (SSSR count). The Morgan fingerprint density at radius 2 is 2.38 bits per heavy atom. The van der Waals surface area contributed by atoms with Crippen LogP contribution in [0, 0.1) is 11.8 Å². The van der Waals surface area contributed by atoms with E-state index in [9.17, 15) is 9.90 Å². The highest BCUT2D eigenvalue weighted by Crippen LogP contribution is 2.25. The van der Waals surface area contributed by atoms with Crippen LogP contribution in [0.25, 0.3) is 0 Å². The molecule has 3 atom stereocenters. The van der Waals surface area contributed by atoms with Gasteiger partial charge in [-0.05, 0) is 5.92 Å². The second kappa shape index (κ2) is 4.56. The van der Waals surface area contributed by atoms with E-state index < -0.39 is 6.10 Å². The summed E-state index contributed by atoms with van der Waals surface area (Å²) in [6.07, 6.45) is 5.28. The Bertz CT molecular complexity index is 208. The van der Waals surface area contributed by atoms with Crippen molar-refractivity contribution in [2.24, 2.45) is 11.8 Å². The van der Waals surface area contributed by atoms with Crippen molar-refractivity contribution in [1.82, 2.24) is 0 Å². The van der Waals surface area contributed by atoms with Crippen LogP contribution < -0.4 is 0 Å². The van der Waals surface area contributed by atoms with Crippen molar-refractivity contribution in [2.45, 2.75) is 39.2 Å². The van der Waals surface area contributed by atoms with Crippen LogP contribution in [-0.2, 0) is 4.79 Å². The maximum Gasteiger partial charge on any atom is 0.139 e. The molecular formula is C11H18O2. The number of aliphatic hydroxyl groups is 1. The summed E-state index contributed by atoms with van der Waals surface area (Å²) in [5.41, 5.74) is 0. The molecule has 0 heterocycles. The summed E-state index contributed by atoms with van der Waals surface area (Å²) < 4.78 is 0. The Kier molecular flexibility index (Phi) is 3.67.